The third-order valence-corrected chi connectivity index (χ3v) is 7.23. The second-order valence-electron chi connectivity index (χ2n) is 8.51. The molecule has 3 aliphatic rings. The Bertz CT molecular complexity index is 652. The lowest BCUT2D eigenvalue weighted by atomic mass is 10.0. The van der Waals surface area contributed by atoms with Gasteiger partial charge in [0.15, 0.2) is 11.1 Å². The van der Waals surface area contributed by atoms with Crippen molar-refractivity contribution in [3.63, 3.8) is 0 Å². The van der Waals surface area contributed by atoms with Crippen LogP contribution >= 0.6 is 35.3 Å². The predicted molar refractivity (Wildman–Crippen MR) is 136 cm³/mol. The molecule has 170 valence electrons. The Morgan fingerprint density at radius 1 is 1.23 bits per heavy atom. The van der Waals surface area contributed by atoms with Crippen LogP contribution in [0.5, 0.6) is 0 Å². The van der Waals surface area contributed by atoms with Crippen molar-refractivity contribution in [3.8, 4) is 0 Å². The fourth-order valence-corrected chi connectivity index (χ4v) is 5.43. The number of halogens is 1. The highest BCUT2D eigenvalue weighted by molar-refractivity contribution is 14.0. The number of piperidine rings is 1. The highest BCUT2D eigenvalue weighted by Crippen LogP contribution is 2.24. The first-order valence-corrected chi connectivity index (χ1v) is 12.1. The minimum atomic E-state index is 0. The molecule has 2 N–H and O–H groups in total. The summed E-state index contributed by atoms with van der Waals surface area (Å²) in [5, 5.41) is 10.5. The Labute approximate surface area is 202 Å². The van der Waals surface area contributed by atoms with Crippen molar-refractivity contribution in [1.82, 2.24) is 20.5 Å². The van der Waals surface area contributed by atoms with Crippen molar-refractivity contribution in [3.05, 3.63) is 11.1 Å². The molecule has 3 fully saturated rings. The van der Waals surface area contributed by atoms with Gasteiger partial charge >= 0.3 is 0 Å². The van der Waals surface area contributed by atoms with Gasteiger partial charge in [-0.15, -0.1) is 35.3 Å². The molecular formula is C21H37IN6OS. The molecule has 3 saturated heterocycles. The van der Waals surface area contributed by atoms with Crippen LogP contribution in [0.2, 0.25) is 0 Å². The number of likely N-dealkylation sites (tertiary alicyclic amines) is 1. The third kappa shape index (κ3) is 6.93. The Morgan fingerprint density at radius 3 is 2.73 bits per heavy atom. The van der Waals surface area contributed by atoms with E-state index in [4.69, 9.17) is 9.72 Å². The Morgan fingerprint density at radius 2 is 2.03 bits per heavy atom. The summed E-state index contributed by atoms with van der Waals surface area (Å²) in [7, 11) is 1.86. The summed E-state index contributed by atoms with van der Waals surface area (Å²) in [6.45, 7) is 8.63. The molecule has 0 spiro atoms. The molecule has 3 aliphatic heterocycles. The second-order valence-corrected chi connectivity index (χ2v) is 9.35. The van der Waals surface area contributed by atoms with E-state index in [2.05, 4.69) is 30.8 Å². The lowest BCUT2D eigenvalue weighted by Crippen LogP contribution is -2.49. The first-order chi connectivity index (χ1) is 14.3. The number of ether oxygens (including phenoxy) is 1. The SMILES string of the molecule is CN=C(NCCc1csc(N2CCCC2)n1)NC1CCN(CC2CCOC2)CC1.I. The average molecular weight is 549 g/mol. The topological polar surface area (TPSA) is 65.0 Å². The molecule has 4 rings (SSSR count). The zero-order valence-electron chi connectivity index (χ0n) is 18.1. The molecule has 7 nitrogen and oxygen atoms in total. The van der Waals surface area contributed by atoms with Crippen molar-refractivity contribution in [2.45, 2.75) is 44.6 Å². The van der Waals surface area contributed by atoms with Crippen LogP contribution < -0.4 is 15.5 Å². The van der Waals surface area contributed by atoms with Crippen LogP contribution in [0.3, 0.4) is 0 Å². The van der Waals surface area contributed by atoms with Crippen LogP contribution in [0.1, 0.15) is 37.8 Å². The van der Waals surface area contributed by atoms with Gasteiger partial charge in [0, 0.05) is 70.8 Å². The van der Waals surface area contributed by atoms with Gasteiger partial charge in [0.2, 0.25) is 0 Å². The van der Waals surface area contributed by atoms with Gasteiger partial charge in [-0.2, -0.15) is 0 Å². The number of nitrogens with one attached hydrogen (secondary N) is 2. The van der Waals surface area contributed by atoms with E-state index in [0.29, 0.717) is 6.04 Å². The summed E-state index contributed by atoms with van der Waals surface area (Å²) in [5.74, 6) is 1.66. The smallest absolute Gasteiger partial charge is 0.191 e. The van der Waals surface area contributed by atoms with Crippen molar-refractivity contribution < 1.29 is 4.74 Å². The second kappa shape index (κ2) is 12.4. The van der Waals surface area contributed by atoms with Gasteiger partial charge in [0.05, 0.1) is 12.3 Å². The summed E-state index contributed by atoms with van der Waals surface area (Å²) < 4.78 is 5.51. The van der Waals surface area contributed by atoms with Crippen molar-refractivity contribution in [2.24, 2.45) is 10.9 Å². The largest absolute Gasteiger partial charge is 0.381 e. The van der Waals surface area contributed by atoms with Crippen LogP contribution in [0.25, 0.3) is 0 Å². The van der Waals surface area contributed by atoms with E-state index in [0.717, 1.165) is 51.1 Å². The van der Waals surface area contributed by atoms with E-state index in [1.165, 1.54) is 62.6 Å². The van der Waals surface area contributed by atoms with Crippen LogP contribution in [0.15, 0.2) is 10.4 Å². The minimum absolute atomic E-state index is 0. The van der Waals surface area contributed by atoms with Crippen LogP contribution in [-0.2, 0) is 11.2 Å². The normalized spacial score (nSPS) is 23.6. The number of hydrogen-bond donors (Lipinski definition) is 2. The lowest BCUT2D eigenvalue weighted by molar-refractivity contribution is 0.150. The van der Waals surface area contributed by atoms with E-state index in [-0.39, 0.29) is 24.0 Å². The molecule has 1 aromatic heterocycles. The standard InChI is InChI=1S/C21H36N6OS.HI/c1-22-20(23-8-4-19-16-29-21(25-19)27-9-2-3-10-27)24-18-5-11-26(12-6-18)14-17-7-13-28-15-17;/h16-18H,2-15H2,1H3,(H2,22,23,24);1H. The summed E-state index contributed by atoms with van der Waals surface area (Å²) in [6.07, 6.45) is 7.12. The molecule has 1 atom stereocenters. The van der Waals surface area contributed by atoms with Crippen molar-refractivity contribution in [2.75, 3.05) is 64.4 Å². The van der Waals surface area contributed by atoms with Gasteiger partial charge in [-0.1, -0.05) is 0 Å². The maximum atomic E-state index is 5.51. The minimum Gasteiger partial charge on any atom is -0.381 e. The maximum absolute atomic E-state index is 5.51. The lowest BCUT2D eigenvalue weighted by Gasteiger charge is -2.34. The van der Waals surface area contributed by atoms with Crippen LogP contribution in [0, 0.1) is 5.92 Å². The molecular weight excluding hydrogens is 511 g/mol. The Kier molecular flexibility index (Phi) is 9.92. The molecule has 30 heavy (non-hydrogen) atoms. The zero-order chi connectivity index (χ0) is 19.9. The van der Waals surface area contributed by atoms with E-state index >= 15 is 0 Å². The molecule has 0 amide bonds. The summed E-state index contributed by atoms with van der Waals surface area (Å²) >= 11 is 1.78. The van der Waals surface area contributed by atoms with Crippen LogP contribution in [0.4, 0.5) is 5.13 Å². The number of anilines is 1. The molecule has 0 radical (unpaired) electrons. The molecule has 0 aliphatic carbocycles. The van der Waals surface area contributed by atoms with E-state index in [9.17, 15) is 0 Å². The van der Waals surface area contributed by atoms with Crippen molar-refractivity contribution >= 4 is 46.4 Å². The number of thiazole rings is 1. The molecule has 9 heteroatoms. The van der Waals surface area contributed by atoms with E-state index in [1.54, 1.807) is 11.3 Å². The highest BCUT2D eigenvalue weighted by atomic mass is 127. The van der Waals surface area contributed by atoms with Gasteiger partial charge in [-0.25, -0.2) is 4.98 Å². The number of hydrogen-bond acceptors (Lipinski definition) is 6. The van der Waals surface area contributed by atoms with Gasteiger partial charge in [-0.05, 0) is 38.0 Å². The number of nitrogens with zero attached hydrogens (tertiary/aromatic N) is 4. The zero-order valence-corrected chi connectivity index (χ0v) is 21.3. The van der Waals surface area contributed by atoms with Crippen LogP contribution in [-0.4, -0.2) is 81.4 Å². The third-order valence-electron chi connectivity index (χ3n) is 6.28. The Balaban J connectivity index is 0.00000256. The quantitative estimate of drug-likeness (QED) is 0.311. The van der Waals surface area contributed by atoms with Gasteiger partial charge in [-0.3, -0.25) is 4.99 Å². The van der Waals surface area contributed by atoms with E-state index < -0.39 is 0 Å². The highest BCUT2D eigenvalue weighted by Gasteiger charge is 2.24. The first kappa shape index (κ1) is 24.0. The predicted octanol–water partition coefficient (Wildman–Crippen LogP) is 2.57. The summed E-state index contributed by atoms with van der Waals surface area (Å²) in [5.41, 5.74) is 1.18. The van der Waals surface area contributed by atoms with Crippen molar-refractivity contribution in [1.29, 1.82) is 0 Å². The van der Waals surface area contributed by atoms with Gasteiger partial charge in [0.25, 0.3) is 0 Å². The molecule has 1 aromatic rings. The monoisotopic (exact) mass is 548 g/mol. The maximum Gasteiger partial charge on any atom is 0.191 e. The molecule has 1 unspecified atom stereocenters. The number of guanidine groups is 1. The Hall–Kier alpha value is -0.650. The fourth-order valence-electron chi connectivity index (χ4n) is 4.51. The molecule has 0 bridgehead atoms. The summed E-state index contributed by atoms with van der Waals surface area (Å²) in [6, 6.07) is 0.512. The van der Waals surface area contributed by atoms with Gasteiger partial charge in [0.1, 0.15) is 0 Å². The number of aliphatic imine (C=N–C) groups is 1. The van der Waals surface area contributed by atoms with E-state index in [1.807, 2.05) is 7.05 Å². The molecule has 0 saturated carbocycles. The fraction of sp³-hybridized carbons (Fsp3) is 0.810. The summed E-state index contributed by atoms with van der Waals surface area (Å²) in [4.78, 5) is 14.2. The van der Waals surface area contributed by atoms with Gasteiger partial charge < -0.3 is 25.2 Å². The molecule has 4 heterocycles. The molecule has 0 aromatic carbocycles. The number of aromatic nitrogens is 1. The number of rotatable bonds is 7. The first-order valence-electron chi connectivity index (χ1n) is 11.3. The average Bonchev–Trinajstić information content (AvgIpc) is 3.51.